The highest BCUT2D eigenvalue weighted by Crippen LogP contribution is 2.26. The molecule has 6 nitrogen and oxygen atoms in total. The van der Waals surface area contributed by atoms with Crippen LogP contribution in [-0.4, -0.2) is 16.0 Å². The summed E-state index contributed by atoms with van der Waals surface area (Å²) >= 11 is 0. The maximum atomic E-state index is 12.8. The second-order valence-corrected chi connectivity index (χ2v) is 2.90. The topological polar surface area (TPSA) is 106 Å². The molecule has 0 amide bonds. The van der Waals surface area contributed by atoms with Crippen molar-refractivity contribution in [3.05, 3.63) is 39.4 Å². The van der Waals surface area contributed by atoms with Crippen LogP contribution >= 0.6 is 0 Å². The number of hydrogen-bond acceptors (Lipinski definition) is 4. The number of nitrogens with zero attached hydrogens (tertiary/aromatic N) is 1. The Morgan fingerprint density at radius 2 is 1.94 bits per heavy atom. The Morgan fingerprint density at radius 1 is 1.44 bits per heavy atom. The molecule has 1 aromatic rings. The standard InChI is InChI=1S/C8H6F2N2O4/c9-4-1-3(7(11)8(13)14)6(12(15)16)2-5(4)10/h1-2,7H,11H2,(H,13,14). The monoisotopic (exact) mass is 232 g/mol. The molecule has 0 spiro atoms. The van der Waals surface area contributed by atoms with Crippen molar-refractivity contribution in [3.63, 3.8) is 0 Å². The third kappa shape index (κ3) is 2.11. The molecule has 1 atom stereocenters. The molecule has 0 saturated heterocycles. The molecule has 16 heavy (non-hydrogen) atoms. The zero-order valence-corrected chi connectivity index (χ0v) is 7.68. The van der Waals surface area contributed by atoms with Crippen LogP contribution in [0, 0.1) is 21.7 Å². The van der Waals surface area contributed by atoms with E-state index in [0.29, 0.717) is 12.1 Å². The summed E-state index contributed by atoms with van der Waals surface area (Å²) in [5.74, 6) is -4.40. The van der Waals surface area contributed by atoms with E-state index in [4.69, 9.17) is 10.8 Å². The van der Waals surface area contributed by atoms with Gasteiger partial charge in [-0.15, -0.1) is 0 Å². The van der Waals surface area contributed by atoms with Gasteiger partial charge in [-0.05, 0) is 6.07 Å². The van der Waals surface area contributed by atoms with Crippen molar-refractivity contribution in [2.24, 2.45) is 5.73 Å². The molecule has 0 aromatic heterocycles. The number of benzene rings is 1. The van der Waals surface area contributed by atoms with E-state index in [-0.39, 0.29) is 0 Å². The molecule has 1 rings (SSSR count). The van der Waals surface area contributed by atoms with Crippen LogP contribution in [-0.2, 0) is 4.79 Å². The van der Waals surface area contributed by atoms with Gasteiger partial charge in [0.2, 0.25) is 0 Å². The number of nitrogens with two attached hydrogens (primary N) is 1. The highest BCUT2D eigenvalue weighted by Gasteiger charge is 2.26. The van der Waals surface area contributed by atoms with Gasteiger partial charge in [-0.2, -0.15) is 0 Å². The molecule has 0 saturated carbocycles. The number of hydrogen-bond donors (Lipinski definition) is 2. The highest BCUT2D eigenvalue weighted by atomic mass is 19.2. The van der Waals surface area contributed by atoms with Gasteiger partial charge in [-0.1, -0.05) is 0 Å². The molecule has 0 bridgehead atoms. The molecule has 3 N–H and O–H groups in total. The first-order valence-corrected chi connectivity index (χ1v) is 3.96. The Labute approximate surface area is 87.4 Å². The van der Waals surface area contributed by atoms with Gasteiger partial charge in [0.1, 0.15) is 6.04 Å². The molecule has 8 heteroatoms. The molecular weight excluding hydrogens is 226 g/mol. The number of halogens is 2. The molecule has 1 aromatic carbocycles. The average molecular weight is 232 g/mol. The summed E-state index contributed by atoms with van der Waals surface area (Å²) in [6.45, 7) is 0. The van der Waals surface area contributed by atoms with Gasteiger partial charge in [0.05, 0.1) is 16.6 Å². The fraction of sp³-hybridized carbons (Fsp3) is 0.125. The SMILES string of the molecule is NC(C(=O)O)c1cc(F)c(F)cc1[N+](=O)[O-]. The molecule has 0 heterocycles. The summed E-state index contributed by atoms with van der Waals surface area (Å²) in [5.41, 5.74) is 3.65. The van der Waals surface area contributed by atoms with Crippen molar-refractivity contribution < 1.29 is 23.6 Å². The molecule has 0 radical (unpaired) electrons. The van der Waals surface area contributed by atoms with Gasteiger partial charge < -0.3 is 10.8 Å². The number of rotatable bonds is 3. The second kappa shape index (κ2) is 4.19. The lowest BCUT2D eigenvalue weighted by molar-refractivity contribution is -0.385. The number of carbonyl (C=O) groups is 1. The van der Waals surface area contributed by atoms with Crippen molar-refractivity contribution in [2.45, 2.75) is 6.04 Å². The van der Waals surface area contributed by atoms with Crippen LogP contribution in [0.5, 0.6) is 0 Å². The summed E-state index contributed by atoms with van der Waals surface area (Å²) in [6, 6.07) is -1.07. The molecular formula is C8H6F2N2O4. The molecule has 0 aliphatic rings. The predicted molar refractivity (Wildman–Crippen MR) is 47.6 cm³/mol. The number of aliphatic carboxylic acids is 1. The smallest absolute Gasteiger partial charge is 0.325 e. The van der Waals surface area contributed by atoms with Crippen molar-refractivity contribution in [3.8, 4) is 0 Å². The third-order valence-electron chi connectivity index (χ3n) is 1.87. The number of carboxylic acids is 1. The molecule has 86 valence electrons. The van der Waals surface area contributed by atoms with Crippen molar-refractivity contribution >= 4 is 11.7 Å². The first kappa shape index (κ1) is 12.0. The van der Waals surface area contributed by atoms with Gasteiger partial charge in [0.15, 0.2) is 11.6 Å². The van der Waals surface area contributed by atoms with Crippen LogP contribution < -0.4 is 5.73 Å². The Balaban J connectivity index is 3.41. The van der Waals surface area contributed by atoms with E-state index in [0.717, 1.165) is 0 Å². The van der Waals surface area contributed by atoms with Crippen LogP contribution in [0.3, 0.4) is 0 Å². The average Bonchev–Trinajstić information content (AvgIpc) is 2.19. The van der Waals surface area contributed by atoms with E-state index in [1.54, 1.807) is 0 Å². The largest absolute Gasteiger partial charge is 0.480 e. The van der Waals surface area contributed by atoms with Crippen LogP contribution in [0.15, 0.2) is 12.1 Å². The van der Waals surface area contributed by atoms with E-state index < -0.39 is 39.8 Å². The Bertz CT molecular complexity index is 464. The van der Waals surface area contributed by atoms with E-state index in [2.05, 4.69) is 0 Å². The van der Waals surface area contributed by atoms with Crippen LogP contribution in [0.2, 0.25) is 0 Å². The lowest BCUT2D eigenvalue weighted by atomic mass is 10.1. The van der Waals surface area contributed by atoms with E-state index in [9.17, 15) is 23.7 Å². The van der Waals surface area contributed by atoms with Crippen molar-refractivity contribution in [1.29, 1.82) is 0 Å². The quantitative estimate of drug-likeness (QED) is 0.596. The minimum atomic E-state index is -1.78. The van der Waals surface area contributed by atoms with Crippen molar-refractivity contribution in [1.82, 2.24) is 0 Å². The summed E-state index contributed by atoms with van der Waals surface area (Å²) in [7, 11) is 0. The zero-order valence-electron chi connectivity index (χ0n) is 7.68. The molecule has 1 unspecified atom stereocenters. The van der Waals surface area contributed by atoms with E-state index >= 15 is 0 Å². The highest BCUT2D eigenvalue weighted by molar-refractivity contribution is 5.77. The lowest BCUT2D eigenvalue weighted by Gasteiger charge is -2.07. The zero-order chi connectivity index (χ0) is 12.5. The summed E-state index contributed by atoms with van der Waals surface area (Å²) in [5, 5.41) is 19.0. The lowest BCUT2D eigenvalue weighted by Crippen LogP contribution is -2.22. The van der Waals surface area contributed by atoms with E-state index in [1.165, 1.54) is 0 Å². The van der Waals surface area contributed by atoms with Gasteiger partial charge in [-0.25, -0.2) is 8.78 Å². The Kier molecular flexibility index (Phi) is 3.14. The van der Waals surface area contributed by atoms with Gasteiger partial charge >= 0.3 is 5.97 Å². The fourth-order valence-electron chi connectivity index (χ4n) is 1.09. The number of nitro groups is 1. The molecule has 0 aliphatic carbocycles. The Morgan fingerprint density at radius 3 is 2.38 bits per heavy atom. The predicted octanol–water partition coefficient (Wildman–Crippen LogP) is 0.957. The third-order valence-corrected chi connectivity index (χ3v) is 1.87. The molecule has 0 fully saturated rings. The number of carboxylic acid groups (broad SMARTS) is 1. The van der Waals surface area contributed by atoms with E-state index in [1.807, 2.05) is 0 Å². The van der Waals surface area contributed by atoms with Gasteiger partial charge in [0.25, 0.3) is 5.69 Å². The van der Waals surface area contributed by atoms with Crippen LogP contribution in [0.1, 0.15) is 11.6 Å². The van der Waals surface area contributed by atoms with Crippen LogP contribution in [0.25, 0.3) is 0 Å². The van der Waals surface area contributed by atoms with Gasteiger partial charge in [0, 0.05) is 0 Å². The fourth-order valence-corrected chi connectivity index (χ4v) is 1.09. The van der Waals surface area contributed by atoms with Crippen LogP contribution in [0.4, 0.5) is 14.5 Å². The maximum Gasteiger partial charge on any atom is 0.325 e. The normalized spacial score (nSPS) is 12.2. The Hall–Kier alpha value is -2.09. The second-order valence-electron chi connectivity index (χ2n) is 2.90. The first-order valence-electron chi connectivity index (χ1n) is 3.96. The first-order chi connectivity index (χ1) is 7.34. The van der Waals surface area contributed by atoms with Crippen molar-refractivity contribution in [2.75, 3.05) is 0 Å². The minimum Gasteiger partial charge on any atom is -0.480 e. The molecule has 0 aliphatic heterocycles. The summed E-state index contributed by atoms with van der Waals surface area (Å²) in [6.07, 6.45) is 0. The minimum absolute atomic E-state index is 0.299. The number of nitro benzene ring substituents is 1. The summed E-state index contributed by atoms with van der Waals surface area (Å²) < 4.78 is 25.5. The van der Waals surface area contributed by atoms with Gasteiger partial charge in [-0.3, -0.25) is 14.9 Å². The summed E-state index contributed by atoms with van der Waals surface area (Å²) in [4.78, 5) is 20.0. The maximum absolute atomic E-state index is 12.8.